The quantitative estimate of drug-likeness (QED) is 0.710. The van der Waals surface area contributed by atoms with E-state index in [1.165, 1.54) is 12.1 Å². The van der Waals surface area contributed by atoms with Gasteiger partial charge in [-0.25, -0.2) is 13.6 Å². The predicted octanol–water partition coefficient (Wildman–Crippen LogP) is -0.760. The van der Waals surface area contributed by atoms with Gasteiger partial charge in [0.05, 0.1) is 11.4 Å². The van der Waals surface area contributed by atoms with Gasteiger partial charge in [-0.05, 0) is 31.2 Å². The molecule has 1 aliphatic rings. The zero-order chi connectivity index (χ0) is 16.9. The van der Waals surface area contributed by atoms with E-state index >= 15 is 0 Å². The van der Waals surface area contributed by atoms with E-state index in [2.05, 4.69) is 22.2 Å². The van der Waals surface area contributed by atoms with Crippen LogP contribution in [-0.2, 0) is 21.2 Å². The molecule has 3 N–H and O–H groups in total. The second-order valence-electron chi connectivity index (χ2n) is 5.87. The number of primary sulfonamides is 1. The second kappa shape index (κ2) is 7.87. The van der Waals surface area contributed by atoms with Crippen molar-refractivity contribution in [2.75, 3.05) is 46.3 Å². The maximum atomic E-state index is 11.9. The Morgan fingerprint density at radius 1 is 1.17 bits per heavy atom. The van der Waals surface area contributed by atoms with E-state index in [9.17, 15) is 13.2 Å². The van der Waals surface area contributed by atoms with Crippen molar-refractivity contribution in [1.82, 2.24) is 15.1 Å². The van der Waals surface area contributed by atoms with E-state index in [1.807, 2.05) is 0 Å². The lowest BCUT2D eigenvalue weighted by Gasteiger charge is -2.31. The van der Waals surface area contributed by atoms with Crippen molar-refractivity contribution < 1.29 is 13.2 Å². The first kappa shape index (κ1) is 17.9. The molecule has 1 heterocycles. The summed E-state index contributed by atoms with van der Waals surface area (Å²) in [6, 6.07) is 6.40. The third-order valence-electron chi connectivity index (χ3n) is 3.95. The standard InChI is InChI=1S/C15H24N4O3S/c1-18-8-10-19(11-9-18)12-15(20)17-7-6-13-2-4-14(5-3-13)23(16,21)22/h2-5H,6-12H2,1H3,(H,17,20)(H2,16,21,22). The van der Waals surface area contributed by atoms with Crippen LogP contribution in [0.5, 0.6) is 0 Å². The molecule has 1 aliphatic heterocycles. The lowest BCUT2D eigenvalue weighted by Crippen LogP contribution is -2.48. The monoisotopic (exact) mass is 340 g/mol. The molecular weight excluding hydrogens is 316 g/mol. The molecule has 0 atom stereocenters. The number of piperazine rings is 1. The first-order chi connectivity index (χ1) is 10.8. The van der Waals surface area contributed by atoms with Crippen LogP contribution in [0.3, 0.4) is 0 Å². The smallest absolute Gasteiger partial charge is 0.238 e. The summed E-state index contributed by atoms with van der Waals surface area (Å²) in [4.78, 5) is 16.4. The molecule has 8 heteroatoms. The summed E-state index contributed by atoms with van der Waals surface area (Å²) >= 11 is 0. The molecule has 128 valence electrons. The number of nitrogens with one attached hydrogen (secondary N) is 1. The summed E-state index contributed by atoms with van der Waals surface area (Å²) in [6.45, 7) is 4.77. The highest BCUT2D eigenvalue weighted by atomic mass is 32.2. The maximum Gasteiger partial charge on any atom is 0.238 e. The molecule has 0 aliphatic carbocycles. The van der Waals surface area contributed by atoms with E-state index in [0.29, 0.717) is 19.5 Å². The Morgan fingerprint density at radius 3 is 2.35 bits per heavy atom. The number of carbonyl (C=O) groups excluding carboxylic acids is 1. The van der Waals surface area contributed by atoms with E-state index in [0.717, 1.165) is 31.7 Å². The zero-order valence-electron chi connectivity index (χ0n) is 13.4. The number of benzene rings is 1. The Morgan fingerprint density at radius 2 is 1.78 bits per heavy atom. The van der Waals surface area contributed by atoms with Gasteiger partial charge in [0.1, 0.15) is 0 Å². The SMILES string of the molecule is CN1CCN(CC(=O)NCCc2ccc(S(N)(=O)=O)cc2)CC1. The van der Waals surface area contributed by atoms with E-state index in [-0.39, 0.29) is 10.8 Å². The molecule has 1 fully saturated rings. The fourth-order valence-electron chi connectivity index (χ4n) is 2.46. The van der Waals surface area contributed by atoms with Crippen LogP contribution in [0.25, 0.3) is 0 Å². The topological polar surface area (TPSA) is 95.7 Å². The van der Waals surface area contributed by atoms with Crippen LogP contribution < -0.4 is 10.5 Å². The summed E-state index contributed by atoms with van der Waals surface area (Å²) in [5.41, 5.74) is 0.956. The minimum Gasteiger partial charge on any atom is -0.355 e. The Hall–Kier alpha value is -1.48. The number of nitrogens with zero attached hydrogens (tertiary/aromatic N) is 2. The Kier molecular flexibility index (Phi) is 6.11. The van der Waals surface area contributed by atoms with Crippen molar-refractivity contribution in [3.63, 3.8) is 0 Å². The van der Waals surface area contributed by atoms with Gasteiger partial charge in [-0.2, -0.15) is 0 Å². The Labute approximate surface area is 137 Å². The molecule has 2 rings (SSSR count). The molecule has 1 aromatic rings. The van der Waals surface area contributed by atoms with Crippen LogP contribution >= 0.6 is 0 Å². The molecule has 7 nitrogen and oxygen atoms in total. The molecule has 0 aromatic heterocycles. The largest absolute Gasteiger partial charge is 0.355 e. The van der Waals surface area contributed by atoms with Gasteiger partial charge in [0, 0.05) is 32.7 Å². The van der Waals surface area contributed by atoms with Gasteiger partial charge >= 0.3 is 0 Å². The summed E-state index contributed by atoms with van der Waals surface area (Å²) in [6.07, 6.45) is 0.652. The van der Waals surface area contributed by atoms with Gasteiger partial charge in [-0.15, -0.1) is 0 Å². The Balaban J connectivity index is 1.71. The average molecular weight is 340 g/mol. The summed E-state index contributed by atoms with van der Waals surface area (Å²) < 4.78 is 22.3. The van der Waals surface area contributed by atoms with Crippen molar-refractivity contribution in [3.05, 3.63) is 29.8 Å². The van der Waals surface area contributed by atoms with Crippen molar-refractivity contribution >= 4 is 15.9 Å². The van der Waals surface area contributed by atoms with Crippen molar-refractivity contribution in [2.24, 2.45) is 5.14 Å². The molecule has 1 aromatic carbocycles. The molecule has 0 saturated carbocycles. The normalized spacial score (nSPS) is 17.1. The van der Waals surface area contributed by atoms with E-state index in [4.69, 9.17) is 5.14 Å². The molecule has 1 amide bonds. The van der Waals surface area contributed by atoms with Gasteiger partial charge < -0.3 is 10.2 Å². The minimum absolute atomic E-state index is 0.0238. The fraction of sp³-hybridized carbons (Fsp3) is 0.533. The first-order valence-corrected chi connectivity index (χ1v) is 9.18. The molecule has 23 heavy (non-hydrogen) atoms. The molecule has 0 unspecified atom stereocenters. The number of carbonyl (C=O) groups is 1. The highest BCUT2D eigenvalue weighted by molar-refractivity contribution is 7.89. The molecule has 0 radical (unpaired) electrons. The van der Waals surface area contributed by atoms with Crippen molar-refractivity contribution in [2.45, 2.75) is 11.3 Å². The number of rotatable bonds is 6. The van der Waals surface area contributed by atoms with Gasteiger partial charge in [-0.1, -0.05) is 12.1 Å². The van der Waals surface area contributed by atoms with E-state index < -0.39 is 10.0 Å². The van der Waals surface area contributed by atoms with Gasteiger partial charge in [0.2, 0.25) is 15.9 Å². The number of hydrogen-bond acceptors (Lipinski definition) is 5. The van der Waals surface area contributed by atoms with Crippen LogP contribution in [0.1, 0.15) is 5.56 Å². The van der Waals surface area contributed by atoms with Crippen LogP contribution in [0.2, 0.25) is 0 Å². The van der Waals surface area contributed by atoms with Gasteiger partial charge in [0.15, 0.2) is 0 Å². The number of sulfonamides is 1. The van der Waals surface area contributed by atoms with Crippen molar-refractivity contribution in [1.29, 1.82) is 0 Å². The highest BCUT2D eigenvalue weighted by Gasteiger charge is 2.16. The minimum atomic E-state index is -3.65. The fourth-order valence-corrected chi connectivity index (χ4v) is 2.97. The molecular formula is C15H24N4O3S. The lowest BCUT2D eigenvalue weighted by atomic mass is 10.1. The predicted molar refractivity (Wildman–Crippen MR) is 88.5 cm³/mol. The van der Waals surface area contributed by atoms with Gasteiger partial charge in [-0.3, -0.25) is 9.69 Å². The maximum absolute atomic E-state index is 11.9. The lowest BCUT2D eigenvalue weighted by molar-refractivity contribution is -0.122. The third kappa shape index (κ3) is 5.91. The zero-order valence-corrected chi connectivity index (χ0v) is 14.2. The number of hydrogen-bond donors (Lipinski definition) is 2. The first-order valence-electron chi connectivity index (χ1n) is 7.64. The molecule has 1 saturated heterocycles. The average Bonchev–Trinajstić information content (AvgIpc) is 2.49. The third-order valence-corrected chi connectivity index (χ3v) is 4.88. The van der Waals surface area contributed by atoms with Gasteiger partial charge in [0.25, 0.3) is 0 Å². The number of amides is 1. The van der Waals surface area contributed by atoms with Crippen LogP contribution in [0, 0.1) is 0 Å². The number of likely N-dealkylation sites (N-methyl/N-ethyl adjacent to an activating group) is 1. The van der Waals surface area contributed by atoms with Crippen LogP contribution in [0.4, 0.5) is 0 Å². The van der Waals surface area contributed by atoms with Crippen LogP contribution in [-0.4, -0.2) is 70.4 Å². The summed E-state index contributed by atoms with van der Waals surface area (Å²) in [5.74, 6) is 0.0238. The highest BCUT2D eigenvalue weighted by Crippen LogP contribution is 2.08. The number of nitrogens with two attached hydrogens (primary N) is 1. The van der Waals surface area contributed by atoms with Crippen LogP contribution in [0.15, 0.2) is 29.2 Å². The summed E-state index contributed by atoms with van der Waals surface area (Å²) in [7, 11) is -1.57. The second-order valence-corrected chi connectivity index (χ2v) is 7.43. The Bertz CT molecular complexity index is 623. The molecule has 0 bridgehead atoms. The summed E-state index contributed by atoms with van der Waals surface area (Å²) in [5, 5.41) is 7.95. The molecule has 0 spiro atoms. The van der Waals surface area contributed by atoms with E-state index in [1.54, 1.807) is 12.1 Å². The van der Waals surface area contributed by atoms with Crippen molar-refractivity contribution in [3.8, 4) is 0 Å².